The number of carbonyl (C=O) groups is 1. The van der Waals surface area contributed by atoms with Crippen molar-refractivity contribution in [3.63, 3.8) is 0 Å². The minimum absolute atomic E-state index is 0.504. The lowest BCUT2D eigenvalue weighted by Crippen LogP contribution is -2.39. The van der Waals surface area contributed by atoms with E-state index in [1.807, 2.05) is 5.09 Å². The summed E-state index contributed by atoms with van der Waals surface area (Å²) in [5.74, 6) is -2.02. The van der Waals surface area contributed by atoms with Crippen LogP contribution in [0.25, 0.3) is 0 Å². The zero-order chi connectivity index (χ0) is 15.5. The van der Waals surface area contributed by atoms with E-state index in [0.29, 0.717) is 10.6 Å². The Balaban J connectivity index is 2.51. The van der Waals surface area contributed by atoms with Gasteiger partial charge in [0.05, 0.1) is 6.19 Å². The van der Waals surface area contributed by atoms with E-state index < -0.39 is 18.3 Å². The van der Waals surface area contributed by atoms with Gasteiger partial charge in [-0.05, 0) is 0 Å². The van der Waals surface area contributed by atoms with Crippen LogP contribution in [0.2, 0.25) is 0 Å². The van der Waals surface area contributed by atoms with E-state index in [2.05, 4.69) is 0 Å². The molecule has 1 amide bonds. The summed E-state index contributed by atoms with van der Waals surface area (Å²) in [7, 11) is 0. The van der Waals surface area contributed by atoms with Crippen LogP contribution < -0.4 is 15.7 Å². The Morgan fingerprint density at radius 1 is 0.905 bits per heavy atom. The molecule has 2 aromatic rings. The lowest BCUT2D eigenvalue weighted by atomic mass is 10.4. The minimum Gasteiger partial charge on any atom is -0.313 e. The smallest absolute Gasteiger partial charge is 0.313 e. The average Bonchev–Trinajstić information content (AvgIpc) is 2.48. The van der Waals surface area contributed by atoms with E-state index >= 15 is 0 Å². The highest BCUT2D eigenvalue weighted by Crippen LogP contribution is 2.40. The highest BCUT2D eigenvalue weighted by atomic mass is 32.4. The van der Waals surface area contributed by atoms with Crippen LogP contribution in [0.15, 0.2) is 60.7 Å². The van der Waals surface area contributed by atoms with Gasteiger partial charge in [-0.3, -0.25) is 4.79 Å². The lowest BCUT2D eigenvalue weighted by molar-refractivity contribution is -0.171. The highest BCUT2D eigenvalue weighted by Gasteiger charge is 2.41. The number of hydrogen-bond acceptors (Lipinski definition) is 2. The summed E-state index contributed by atoms with van der Waals surface area (Å²) < 4.78 is 37.7. The van der Waals surface area contributed by atoms with Crippen molar-refractivity contribution in [2.24, 2.45) is 0 Å². The average molecular weight is 329 g/mol. The topological polar surface area (TPSA) is 29.1 Å². The van der Waals surface area contributed by atoms with Crippen molar-refractivity contribution in [3.05, 3.63) is 60.7 Å². The third-order valence-electron chi connectivity index (χ3n) is 2.76. The third kappa shape index (κ3) is 3.52. The van der Waals surface area contributed by atoms with Gasteiger partial charge in [0.15, 0.2) is 0 Å². The molecule has 0 radical (unpaired) electrons. The van der Waals surface area contributed by atoms with Crippen LogP contribution in [-0.2, 0) is 16.6 Å². The molecule has 1 N–H and O–H groups in total. The first-order valence-corrected chi connectivity index (χ1v) is 8.75. The molecule has 0 heterocycles. The van der Waals surface area contributed by atoms with Gasteiger partial charge in [-0.25, -0.2) is 0 Å². The Morgan fingerprint density at radius 3 is 1.62 bits per heavy atom. The largest absolute Gasteiger partial charge is 0.471 e. The molecule has 0 saturated heterocycles. The van der Waals surface area contributed by atoms with Gasteiger partial charge in [-0.1, -0.05) is 72.5 Å². The predicted octanol–water partition coefficient (Wildman–Crippen LogP) is 2.71. The zero-order valence-electron chi connectivity index (χ0n) is 10.7. The predicted molar refractivity (Wildman–Crippen MR) is 80.6 cm³/mol. The quantitative estimate of drug-likeness (QED) is 0.878. The molecule has 0 aliphatic heterocycles. The highest BCUT2D eigenvalue weighted by molar-refractivity contribution is 8.21. The molecule has 0 unspecified atom stereocenters. The third-order valence-corrected chi connectivity index (χ3v) is 6.86. The number of amides is 1. The summed E-state index contributed by atoms with van der Waals surface area (Å²) in [4.78, 5) is 11.4. The van der Waals surface area contributed by atoms with E-state index in [9.17, 15) is 18.0 Å². The Bertz CT molecular complexity index is 630. The molecular weight excluding hydrogens is 318 g/mol. The van der Waals surface area contributed by atoms with Crippen molar-refractivity contribution in [3.8, 4) is 0 Å². The molecule has 0 aliphatic carbocycles. The maximum atomic E-state index is 12.6. The summed E-state index contributed by atoms with van der Waals surface area (Å²) in [5, 5.41) is 3.03. The fraction of sp³-hybridized carbons (Fsp3) is 0.0714. The van der Waals surface area contributed by atoms with Crippen LogP contribution in [0.3, 0.4) is 0 Å². The first-order chi connectivity index (χ1) is 9.84. The van der Waals surface area contributed by atoms with Crippen LogP contribution in [0.5, 0.6) is 0 Å². The summed E-state index contributed by atoms with van der Waals surface area (Å²) >= 11 is 5.46. The van der Waals surface area contributed by atoms with Gasteiger partial charge in [0.1, 0.15) is 0 Å². The van der Waals surface area contributed by atoms with Crippen molar-refractivity contribution in [1.82, 2.24) is 5.09 Å². The minimum atomic E-state index is -4.96. The first kappa shape index (κ1) is 15.7. The van der Waals surface area contributed by atoms with Crippen molar-refractivity contribution in [2.45, 2.75) is 6.18 Å². The maximum absolute atomic E-state index is 12.6. The van der Waals surface area contributed by atoms with Crippen LogP contribution in [0.4, 0.5) is 13.2 Å². The molecule has 0 fully saturated rings. The summed E-state index contributed by atoms with van der Waals surface area (Å²) in [6.45, 7) is 0. The Labute approximate surface area is 125 Å². The molecule has 0 aromatic heterocycles. The van der Waals surface area contributed by atoms with Crippen molar-refractivity contribution in [2.75, 3.05) is 0 Å². The summed E-state index contributed by atoms with van der Waals surface area (Å²) in [6, 6.07) is 16.7. The SMILES string of the molecule is O=C(NP(=S)(c1ccccc1)c1ccccc1)C(F)(F)F. The Morgan fingerprint density at radius 2 is 1.29 bits per heavy atom. The molecule has 7 heteroatoms. The number of rotatable bonds is 3. The van der Waals surface area contributed by atoms with E-state index in [0.717, 1.165) is 0 Å². The second-order valence-electron chi connectivity index (χ2n) is 4.22. The van der Waals surface area contributed by atoms with Crippen LogP contribution in [0.1, 0.15) is 0 Å². The fourth-order valence-corrected chi connectivity index (χ4v) is 4.89. The molecule has 110 valence electrons. The molecule has 0 spiro atoms. The molecule has 2 aromatic carbocycles. The second-order valence-corrected chi connectivity index (χ2v) is 8.34. The van der Waals surface area contributed by atoms with Gasteiger partial charge in [0.25, 0.3) is 0 Å². The number of benzene rings is 2. The second kappa shape index (κ2) is 6.00. The molecule has 0 bridgehead atoms. The van der Waals surface area contributed by atoms with Gasteiger partial charge in [-0.2, -0.15) is 13.2 Å². The van der Waals surface area contributed by atoms with Crippen LogP contribution in [-0.4, -0.2) is 12.1 Å². The number of carbonyl (C=O) groups excluding carboxylic acids is 1. The van der Waals surface area contributed by atoms with Gasteiger partial charge >= 0.3 is 12.1 Å². The van der Waals surface area contributed by atoms with E-state index in [1.165, 1.54) is 0 Å². The maximum Gasteiger partial charge on any atom is 0.471 e. The van der Waals surface area contributed by atoms with Gasteiger partial charge in [-0.15, -0.1) is 0 Å². The fourth-order valence-electron chi connectivity index (χ4n) is 1.76. The number of nitrogens with one attached hydrogen (secondary N) is 1. The van der Waals surface area contributed by atoms with E-state index in [-0.39, 0.29) is 0 Å². The lowest BCUT2D eigenvalue weighted by Gasteiger charge is -2.25. The Kier molecular flexibility index (Phi) is 4.49. The van der Waals surface area contributed by atoms with Gasteiger partial charge < -0.3 is 5.09 Å². The van der Waals surface area contributed by atoms with Gasteiger partial charge in [0.2, 0.25) is 0 Å². The first-order valence-electron chi connectivity index (χ1n) is 5.95. The number of hydrogen-bond donors (Lipinski definition) is 1. The summed E-state index contributed by atoms with van der Waals surface area (Å²) in [6.07, 6.45) is -8.03. The molecular formula is C14H11F3NOPS. The molecule has 0 aliphatic rings. The molecule has 2 nitrogen and oxygen atoms in total. The normalized spacial score (nSPS) is 12.0. The van der Waals surface area contributed by atoms with E-state index in [1.54, 1.807) is 60.7 Å². The monoisotopic (exact) mass is 329 g/mol. The molecule has 21 heavy (non-hydrogen) atoms. The van der Waals surface area contributed by atoms with Gasteiger partial charge in [0, 0.05) is 10.6 Å². The number of alkyl halides is 3. The number of halogens is 3. The standard InChI is InChI=1S/C14H11F3NOPS/c15-14(16,17)13(19)18-20(21,11-7-3-1-4-8-11)12-9-5-2-6-10-12/h1-10H,(H,18,19,21). The zero-order valence-corrected chi connectivity index (χ0v) is 12.4. The van der Waals surface area contributed by atoms with Crippen molar-refractivity contribution in [1.29, 1.82) is 0 Å². The molecule has 2 rings (SSSR count). The van der Waals surface area contributed by atoms with Crippen LogP contribution >= 0.6 is 6.19 Å². The van der Waals surface area contributed by atoms with Crippen molar-refractivity contribution >= 4 is 34.5 Å². The Hall–Kier alpha value is -1.65. The van der Waals surface area contributed by atoms with Crippen molar-refractivity contribution < 1.29 is 18.0 Å². The van der Waals surface area contributed by atoms with E-state index in [4.69, 9.17) is 11.8 Å². The molecule has 0 saturated carbocycles. The molecule has 0 atom stereocenters. The van der Waals surface area contributed by atoms with Crippen LogP contribution in [0, 0.1) is 0 Å². The summed E-state index contributed by atoms with van der Waals surface area (Å²) in [5.41, 5.74) is 0.